The first-order valence-electron chi connectivity index (χ1n) is 5.45. The van der Waals surface area contributed by atoms with Crippen molar-refractivity contribution in [3.05, 3.63) is 34.6 Å². The first kappa shape index (κ1) is 14.5. The predicted octanol–water partition coefficient (Wildman–Crippen LogP) is 3.77. The highest BCUT2D eigenvalue weighted by molar-refractivity contribution is 9.09. The fraction of sp³-hybridized carbons (Fsp3) is 0.417. The second-order valence-corrected chi connectivity index (χ2v) is 4.81. The summed E-state index contributed by atoms with van der Waals surface area (Å²) in [5.74, 6) is -1.07. The molecule has 0 aliphatic carbocycles. The second-order valence-electron chi connectivity index (χ2n) is 3.61. The molecule has 0 atom stereocenters. The van der Waals surface area contributed by atoms with Crippen LogP contribution in [0.1, 0.15) is 29.6 Å². The number of halogens is 3. The molecule has 0 bridgehead atoms. The zero-order valence-electron chi connectivity index (χ0n) is 9.31. The van der Waals surface area contributed by atoms with E-state index in [-0.39, 0.29) is 10.6 Å². The third-order valence-electron chi connectivity index (χ3n) is 2.29. The van der Waals surface area contributed by atoms with E-state index in [1.54, 1.807) is 6.07 Å². The Hall–Kier alpha value is -0.610. The number of amides is 1. The minimum absolute atomic E-state index is 0.00186. The standard InChI is InChI=1S/C12H14BrClFNO/c13-7-2-1-3-8-16-12(17)9-5-4-6-10(14)11(9)15/h4-6H,1-3,7-8H2,(H,16,17). The van der Waals surface area contributed by atoms with Crippen molar-refractivity contribution in [2.24, 2.45) is 0 Å². The Bertz CT molecular complexity index is 387. The molecule has 0 aliphatic heterocycles. The van der Waals surface area contributed by atoms with Gasteiger partial charge in [0.05, 0.1) is 10.6 Å². The number of alkyl halides is 1. The van der Waals surface area contributed by atoms with E-state index < -0.39 is 11.7 Å². The average Bonchev–Trinajstić information content (AvgIpc) is 2.32. The van der Waals surface area contributed by atoms with Crippen LogP contribution in [0.15, 0.2) is 18.2 Å². The molecule has 1 aromatic carbocycles. The Morgan fingerprint density at radius 3 is 2.82 bits per heavy atom. The normalized spacial score (nSPS) is 10.3. The van der Waals surface area contributed by atoms with Gasteiger partial charge in [-0.1, -0.05) is 40.0 Å². The number of carbonyl (C=O) groups excluding carboxylic acids is 1. The summed E-state index contributed by atoms with van der Waals surface area (Å²) >= 11 is 8.93. The molecule has 1 rings (SSSR count). The quantitative estimate of drug-likeness (QED) is 0.627. The van der Waals surface area contributed by atoms with Gasteiger partial charge in [0, 0.05) is 11.9 Å². The molecular formula is C12H14BrClFNO. The number of nitrogens with one attached hydrogen (secondary N) is 1. The molecule has 17 heavy (non-hydrogen) atoms. The van der Waals surface area contributed by atoms with Gasteiger partial charge >= 0.3 is 0 Å². The molecule has 1 N–H and O–H groups in total. The summed E-state index contributed by atoms with van der Waals surface area (Å²) in [5, 5.41) is 3.60. The van der Waals surface area contributed by atoms with Crippen LogP contribution in [0.2, 0.25) is 5.02 Å². The van der Waals surface area contributed by atoms with E-state index in [4.69, 9.17) is 11.6 Å². The largest absolute Gasteiger partial charge is 0.352 e. The molecule has 0 unspecified atom stereocenters. The third-order valence-corrected chi connectivity index (χ3v) is 3.14. The zero-order chi connectivity index (χ0) is 12.7. The summed E-state index contributed by atoms with van der Waals surface area (Å²) < 4.78 is 13.5. The van der Waals surface area contributed by atoms with Crippen LogP contribution in [0, 0.1) is 5.82 Å². The minimum atomic E-state index is -0.660. The van der Waals surface area contributed by atoms with Gasteiger partial charge in [-0.05, 0) is 25.0 Å². The second kappa shape index (κ2) is 7.67. The van der Waals surface area contributed by atoms with E-state index >= 15 is 0 Å². The van der Waals surface area contributed by atoms with Crippen molar-refractivity contribution in [2.45, 2.75) is 19.3 Å². The smallest absolute Gasteiger partial charge is 0.254 e. The van der Waals surface area contributed by atoms with Gasteiger partial charge in [0.2, 0.25) is 0 Å². The molecule has 1 aromatic rings. The minimum Gasteiger partial charge on any atom is -0.352 e. The molecule has 0 spiro atoms. The van der Waals surface area contributed by atoms with Crippen LogP contribution >= 0.6 is 27.5 Å². The lowest BCUT2D eigenvalue weighted by Crippen LogP contribution is -2.25. The Morgan fingerprint density at radius 1 is 1.35 bits per heavy atom. The molecule has 0 fully saturated rings. The molecule has 94 valence electrons. The van der Waals surface area contributed by atoms with E-state index in [0.717, 1.165) is 24.6 Å². The predicted molar refractivity (Wildman–Crippen MR) is 71.4 cm³/mol. The van der Waals surface area contributed by atoms with E-state index in [9.17, 15) is 9.18 Å². The highest BCUT2D eigenvalue weighted by Crippen LogP contribution is 2.17. The molecule has 5 heteroatoms. The summed E-state index contributed by atoms with van der Waals surface area (Å²) in [6, 6.07) is 4.41. The highest BCUT2D eigenvalue weighted by atomic mass is 79.9. The van der Waals surface area contributed by atoms with Crippen molar-refractivity contribution in [3.63, 3.8) is 0 Å². The molecule has 1 amide bonds. The number of hydrogen-bond donors (Lipinski definition) is 1. The summed E-state index contributed by atoms with van der Waals surface area (Å²) in [5.41, 5.74) is -0.00186. The van der Waals surface area contributed by atoms with Gasteiger partial charge in [-0.3, -0.25) is 4.79 Å². The van der Waals surface area contributed by atoms with Gasteiger partial charge in [-0.15, -0.1) is 0 Å². The number of hydrogen-bond acceptors (Lipinski definition) is 1. The topological polar surface area (TPSA) is 29.1 Å². The molecule has 0 heterocycles. The van der Waals surface area contributed by atoms with E-state index in [0.29, 0.717) is 6.54 Å². The molecule has 0 radical (unpaired) electrons. The van der Waals surface area contributed by atoms with E-state index in [2.05, 4.69) is 21.2 Å². The van der Waals surface area contributed by atoms with Crippen LogP contribution in [0.25, 0.3) is 0 Å². The lowest BCUT2D eigenvalue weighted by Gasteiger charge is -2.06. The van der Waals surface area contributed by atoms with Gasteiger partial charge in [0.25, 0.3) is 5.91 Å². The first-order valence-corrected chi connectivity index (χ1v) is 6.95. The molecular weight excluding hydrogens is 308 g/mol. The van der Waals surface area contributed by atoms with Crippen molar-refractivity contribution >= 4 is 33.4 Å². The Balaban J connectivity index is 2.44. The molecule has 0 aromatic heterocycles. The average molecular weight is 323 g/mol. The van der Waals surface area contributed by atoms with Crippen LogP contribution in [0.3, 0.4) is 0 Å². The lowest BCUT2D eigenvalue weighted by atomic mass is 10.2. The molecule has 2 nitrogen and oxygen atoms in total. The van der Waals surface area contributed by atoms with Gasteiger partial charge in [0.1, 0.15) is 0 Å². The van der Waals surface area contributed by atoms with Crippen molar-refractivity contribution in [3.8, 4) is 0 Å². The maximum Gasteiger partial charge on any atom is 0.254 e. The van der Waals surface area contributed by atoms with Crippen molar-refractivity contribution in [1.82, 2.24) is 5.32 Å². The summed E-state index contributed by atoms with van der Waals surface area (Å²) in [6.45, 7) is 0.553. The fourth-order valence-electron chi connectivity index (χ4n) is 1.37. The van der Waals surface area contributed by atoms with Gasteiger partial charge in [-0.25, -0.2) is 4.39 Å². The summed E-state index contributed by atoms with van der Waals surface area (Å²) in [6.07, 6.45) is 2.99. The zero-order valence-corrected chi connectivity index (χ0v) is 11.7. The van der Waals surface area contributed by atoms with Crippen LogP contribution in [-0.4, -0.2) is 17.8 Å². The fourth-order valence-corrected chi connectivity index (χ4v) is 1.94. The maximum absolute atomic E-state index is 13.5. The summed E-state index contributed by atoms with van der Waals surface area (Å²) in [7, 11) is 0. The van der Waals surface area contributed by atoms with Crippen LogP contribution in [0.5, 0.6) is 0 Å². The van der Waals surface area contributed by atoms with E-state index in [1.807, 2.05) is 0 Å². The van der Waals surface area contributed by atoms with Crippen molar-refractivity contribution < 1.29 is 9.18 Å². The molecule has 0 saturated carbocycles. The molecule has 0 saturated heterocycles. The lowest BCUT2D eigenvalue weighted by molar-refractivity contribution is 0.0949. The Kier molecular flexibility index (Phi) is 6.52. The van der Waals surface area contributed by atoms with Gasteiger partial charge in [0.15, 0.2) is 5.82 Å². The monoisotopic (exact) mass is 321 g/mol. The van der Waals surface area contributed by atoms with Crippen molar-refractivity contribution in [1.29, 1.82) is 0 Å². The van der Waals surface area contributed by atoms with Crippen molar-refractivity contribution in [2.75, 3.05) is 11.9 Å². The maximum atomic E-state index is 13.5. The van der Waals surface area contributed by atoms with Gasteiger partial charge in [-0.2, -0.15) is 0 Å². The van der Waals surface area contributed by atoms with Gasteiger partial charge < -0.3 is 5.32 Å². The third kappa shape index (κ3) is 4.64. The van der Waals surface area contributed by atoms with Crippen LogP contribution < -0.4 is 5.32 Å². The number of benzene rings is 1. The molecule has 0 aliphatic rings. The Morgan fingerprint density at radius 2 is 2.12 bits per heavy atom. The number of carbonyl (C=O) groups is 1. The van der Waals surface area contributed by atoms with Crippen LogP contribution in [0.4, 0.5) is 4.39 Å². The van der Waals surface area contributed by atoms with Crippen LogP contribution in [-0.2, 0) is 0 Å². The number of rotatable bonds is 6. The Labute approximate surface area is 114 Å². The first-order chi connectivity index (χ1) is 8.16. The number of unbranched alkanes of at least 4 members (excludes halogenated alkanes) is 2. The SMILES string of the molecule is O=C(NCCCCCBr)c1cccc(Cl)c1F. The van der Waals surface area contributed by atoms with E-state index in [1.165, 1.54) is 12.1 Å². The highest BCUT2D eigenvalue weighted by Gasteiger charge is 2.12. The summed E-state index contributed by atoms with van der Waals surface area (Å²) in [4.78, 5) is 11.6.